The van der Waals surface area contributed by atoms with Crippen LogP contribution in [0.15, 0.2) is 30.5 Å². The van der Waals surface area contributed by atoms with Gasteiger partial charge in [-0.15, -0.1) is 0 Å². The quantitative estimate of drug-likeness (QED) is 0.300. The molecular formula is C21H19ClF2N4O6. The molecule has 0 saturated heterocycles. The maximum absolute atomic E-state index is 14.9. The van der Waals surface area contributed by atoms with Crippen LogP contribution in [0.3, 0.4) is 0 Å². The third-order valence-corrected chi connectivity index (χ3v) is 4.94. The first kappa shape index (κ1) is 24.9. The zero-order valence-electron chi connectivity index (χ0n) is 17.6. The molecule has 0 spiro atoms. The number of anilines is 1. The molecule has 1 atom stereocenters. The van der Waals surface area contributed by atoms with E-state index in [1.54, 1.807) is 0 Å². The van der Waals surface area contributed by atoms with E-state index in [1.807, 2.05) is 0 Å². The molecule has 34 heavy (non-hydrogen) atoms. The third-order valence-electron chi connectivity index (χ3n) is 4.57. The van der Waals surface area contributed by atoms with Crippen molar-refractivity contribution in [3.8, 4) is 17.2 Å². The fourth-order valence-corrected chi connectivity index (χ4v) is 3.10. The van der Waals surface area contributed by atoms with E-state index < -0.39 is 52.7 Å². The summed E-state index contributed by atoms with van der Waals surface area (Å²) in [6.07, 6.45) is 0.107. The molecule has 3 rings (SSSR count). The van der Waals surface area contributed by atoms with Gasteiger partial charge in [-0.3, -0.25) is 9.78 Å². The van der Waals surface area contributed by atoms with Crippen LogP contribution in [0.4, 0.5) is 19.3 Å². The topological polar surface area (TPSA) is 156 Å². The SMILES string of the molecule is COc1cc2nccc(Oc3c(F)cc(NC(=O)NC[C@H](O)CO)c(Cl)c3F)c2cc1C(N)=O. The van der Waals surface area contributed by atoms with Crippen molar-refractivity contribution in [2.75, 3.05) is 25.6 Å². The Labute approximate surface area is 196 Å². The predicted molar refractivity (Wildman–Crippen MR) is 118 cm³/mol. The zero-order valence-corrected chi connectivity index (χ0v) is 18.3. The predicted octanol–water partition coefficient (Wildman–Crippen LogP) is 2.54. The van der Waals surface area contributed by atoms with Gasteiger partial charge in [-0.1, -0.05) is 11.6 Å². The Kier molecular flexibility index (Phi) is 7.66. The minimum absolute atomic E-state index is 0.00343. The lowest BCUT2D eigenvalue weighted by molar-refractivity contribution is 0.0965. The van der Waals surface area contributed by atoms with E-state index in [1.165, 1.54) is 31.5 Å². The maximum Gasteiger partial charge on any atom is 0.319 e. The number of ether oxygens (including phenoxy) is 2. The van der Waals surface area contributed by atoms with Crippen LogP contribution in [0.2, 0.25) is 5.02 Å². The molecule has 0 unspecified atom stereocenters. The van der Waals surface area contributed by atoms with Crippen molar-refractivity contribution in [1.29, 1.82) is 0 Å². The van der Waals surface area contributed by atoms with Gasteiger partial charge in [0.25, 0.3) is 5.91 Å². The standard InChI is InChI=1S/C21H19ClF2N4O6/c1-33-16-6-13-10(4-11(16)20(25)31)15(2-3-26-13)34-19-12(23)5-14(17(22)18(19)24)28-21(32)27-7-9(30)8-29/h2-6,9,29-30H,7-8H2,1H3,(H2,25,31)(H2,27,28,32)/t9-/m0/s1. The third kappa shape index (κ3) is 5.25. The minimum Gasteiger partial charge on any atom is -0.496 e. The number of hydrogen-bond donors (Lipinski definition) is 5. The number of aliphatic hydroxyl groups is 2. The van der Waals surface area contributed by atoms with Crippen molar-refractivity contribution >= 4 is 40.1 Å². The number of fused-ring (bicyclic) bond motifs is 1. The van der Waals surface area contributed by atoms with Gasteiger partial charge in [0, 0.05) is 30.3 Å². The maximum atomic E-state index is 14.9. The van der Waals surface area contributed by atoms with Gasteiger partial charge in [-0.05, 0) is 12.1 Å². The first-order valence-electron chi connectivity index (χ1n) is 9.61. The second kappa shape index (κ2) is 10.5. The Morgan fingerprint density at radius 1 is 1.26 bits per heavy atom. The Bertz CT molecular complexity index is 1260. The first-order chi connectivity index (χ1) is 16.2. The van der Waals surface area contributed by atoms with Crippen molar-refractivity contribution < 1.29 is 38.1 Å². The van der Waals surface area contributed by atoms with Gasteiger partial charge < -0.3 is 36.1 Å². The lowest BCUT2D eigenvalue weighted by atomic mass is 10.1. The lowest BCUT2D eigenvalue weighted by Gasteiger charge is -2.15. The number of carbonyl (C=O) groups is 2. The number of rotatable bonds is 8. The molecule has 6 N–H and O–H groups in total. The number of methoxy groups -OCH3 is 1. The summed E-state index contributed by atoms with van der Waals surface area (Å²) < 4.78 is 40.2. The highest BCUT2D eigenvalue weighted by Gasteiger charge is 2.22. The average Bonchev–Trinajstić information content (AvgIpc) is 2.82. The smallest absolute Gasteiger partial charge is 0.319 e. The molecule has 0 fully saturated rings. The molecule has 0 radical (unpaired) electrons. The average molecular weight is 497 g/mol. The number of benzene rings is 2. The molecule has 0 aliphatic heterocycles. The number of halogens is 3. The number of pyridine rings is 1. The number of aliphatic hydroxyl groups excluding tert-OH is 2. The number of primary amides is 1. The number of nitrogens with two attached hydrogens (primary N) is 1. The van der Waals surface area contributed by atoms with Crippen molar-refractivity contribution in [3.63, 3.8) is 0 Å². The van der Waals surface area contributed by atoms with Gasteiger partial charge in [0.05, 0.1) is 36.6 Å². The molecule has 2 aromatic carbocycles. The molecule has 0 saturated carbocycles. The Hall–Kier alpha value is -3.74. The molecule has 3 amide bonds. The highest BCUT2D eigenvalue weighted by molar-refractivity contribution is 6.34. The molecular weight excluding hydrogens is 478 g/mol. The van der Waals surface area contributed by atoms with E-state index in [0.717, 1.165) is 6.07 Å². The Morgan fingerprint density at radius 3 is 2.65 bits per heavy atom. The van der Waals surface area contributed by atoms with Crippen LogP contribution in [0.5, 0.6) is 17.2 Å². The highest BCUT2D eigenvalue weighted by atomic mass is 35.5. The van der Waals surface area contributed by atoms with E-state index in [2.05, 4.69) is 15.6 Å². The van der Waals surface area contributed by atoms with E-state index in [9.17, 15) is 23.5 Å². The normalized spacial score (nSPS) is 11.7. The number of carbonyl (C=O) groups excluding carboxylic acids is 2. The fraction of sp³-hybridized carbons (Fsp3) is 0.190. The molecule has 3 aromatic rings. The number of hydrogen-bond acceptors (Lipinski definition) is 7. The summed E-state index contributed by atoms with van der Waals surface area (Å²) in [7, 11) is 1.34. The lowest BCUT2D eigenvalue weighted by Crippen LogP contribution is -2.36. The fourth-order valence-electron chi connectivity index (χ4n) is 2.91. The number of nitrogens with one attached hydrogen (secondary N) is 2. The number of nitrogens with zero attached hydrogens (tertiary/aromatic N) is 1. The summed E-state index contributed by atoms with van der Waals surface area (Å²) >= 11 is 5.95. The summed E-state index contributed by atoms with van der Waals surface area (Å²) in [5.74, 6) is -4.06. The van der Waals surface area contributed by atoms with E-state index in [-0.39, 0.29) is 29.0 Å². The molecule has 13 heteroatoms. The van der Waals surface area contributed by atoms with E-state index >= 15 is 0 Å². The van der Waals surface area contributed by atoms with Gasteiger partial charge >= 0.3 is 6.03 Å². The molecule has 1 heterocycles. The van der Waals surface area contributed by atoms with Crippen LogP contribution in [-0.2, 0) is 0 Å². The van der Waals surface area contributed by atoms with Crippen molar-refractivity contribution in [2.45, 2.75) is 6.10 Å². The zero-order chi connectivity index (χ0) is 25.0. The second-order valence-corrected chi connectivity index (χ2v) is 7.26. The number of aromatic nitrogens is 1. The summed E-state index contributed by atoms with van der Waals surface area (Å²) in [6.45, 7) is -0.896. The van der Waals surface area contributed by atoms with Crippen molar-refractivity contribution in [3.05, 3.63) is 52.7 Å². The monoisotopic (exact) mass is 496 g/mol. The first-order valence-corrected chi connectivity index (χ1v) is 9.99. The van der Waals surface area contributed by atoms with Crippen LogP contribution in [0.1, 0.15) is 10.4 Å². The van der Waals surface area contributed by atoms with E-state index in [4.69, 9.17) is 31.9 Å². The Morgan fingerprint density at radius 2 is 2.00 bits per heavy atom. The minimum atomic E-state index is -1.30. The van der Waals surface area contributed by atoms with Gasteiger partial charge in [0.1, 0.15) is 16.5 Å². The molecule has 1 aromatic heterocycles. The summed E-state index contributed by atoms with van der Waals surface area (Å²) in [5.41, 5.74) is 5.27. The molecule has 180 valence electrons. The van der Waals surface area contributed by atoms with Crippen LogP contribution < -0.4 is 25.8 Å². The van der Waals surface area contributed by atoms with E-state index in [0.29, 0.717) is 5.52 Å². The number of amides is 3. The summed E-state index contributed by atoms with van der Waals surface area (Å²) in [4.78, 5) is 27.7. The Balaban J connectivity index is 1.94. The van der Waals surface area contributed by atoms with Gasteiger partial charge in [-0.2, -0.15) is 0 Å². The summed E-state index contributed by atoms with van der Waals surface area (Å²) in [5, 5.41) is 21.9. The van der Waals surface area contributed by atoms with Crippen molar-refractivity contribution in [2.24, 2.45) is 5.73 Å². The van der Waals surface area contributed by atoms with Gasteiger partial charge in [0.2, 0.25) is 0 Å². The molecule has 10 nitrogen and oxygen atoms in total. The van der Waals surface area contributed by atoms with Crippen LogP contribution in [-0.4, -0.2) is 53.5 Å². The van der Waals surface area contributed by atoms with Crippen LogP contribution in [0, 0.1) is 11.6 Å². The molecule has 0 aliphatic carbocycles. The van der Waals surface area contributed by atoms with Crippen LogP contribution in [0.25, 0.3) is 10.9 Å². The van der Waals surface area contributed by atoms with Crippen molar-refractivity contribution in [1.82, 2.24) is 10.3 Å². The summed E-state index contributed by atoms with van der Waals surface area (Å²) in [6, 6.07) is 3.87. The largest absolute Gasteiger partial charge is 0.496 e. The second-order valence-electron chi connectivity index (χ2n) is 6.88. The highest BCUT2D eigenvalue weighted by Crippen LogP contribution is 2.39. The van der Waals surface area contributed by atoms with Crippen LogP contribution >= 0.6 is 11.6 Å². The molecule has 0 bridgehead atoms. The van der Waals surface area contributed by atoms with Gasteiger partial charge in [0.15, 0.2) is 17.4 Å². The van der Waals surface area contributed by atoms with Gasteiger partial charge in [-0.25, -0.2) is 13.6 Å². The molecule has 0 aliphatic rings. The number of urea groups is 1.